The Morgan fingerprint density at radius 1 is 1.20 bits per heavy atom. The summed E-state index contributed by atoms with van der Waals surface area (Å²) in [5.74, 6) is -1.35. The number of nitrogens with one attached hydrogen (secondary N) is 2. The van der Waals surface area contributed by atoms with E-state index >= 15 is 0 Å². The van der Waals surface area contributed by atoms with E-state index in [1.807, 2.05) is 32.9 Å². The minimum atomic E-state index is -0.681. The molecule has 110 valence electrons. The van der Waals surface area contributed by atoms with Crippen LogP contribution in [-0.2, 0) is 9.59 Å². The van der Waals surface area contributed by atoms with Crippen LogP contribution < -0.4 is 10.6 Å². The van der Waals surface area contributed by atoms with Crippen LogP contribution in [0.2, 0.25) is 0 Å². The Morgan fingerprint density at radius 2 is 1.85 bits per heavy atom. The molecule has 0 radical (unpaired) electrons. The molecule has 20 heavy (non-hydrogen) atoms. The number of anilines is 1. The van der Waals surface area contributed by atoms with Gasteiger partial charge in [0.25, 0.3) is 0 Å². The summed E-state index contributed by atoms with van der Waals surface area (Å²) >= 11 is 0. The number of rotatable bonds is 5. The molecule has 3 N–H and O–H groups in total. The summed E-state index contributed by atoms with van der Waals surface area (Å²) in [6.07, 6.45) is 0.562. The number of benzene rings is 1. The van der Waals surface area contributed by atoms with E-state index in [1.54, 1.807) is 12.1 Å². The third-order valence-electron chi connectivity index (χ3n) is 3.12. The number of aliphatic hydroxyl groups is 1. The van der Waals surface area contributed by atoms with Crippen molar-refractivity contribution in [3.05, 3.63) is 29.8 Å². The van der Waals surface area contributed by atoms with Gasteiger partial charge >= 0.3 is 11.8 Å². The van der Waals surface area contributed by atoms with Gasteiger partial charge < -0.3 is 15.7 Å². The van der Waals surface area contributed by atoms with E-state index in [1.165, 1.54) is 0 Å². The van der Waals surface area contributed by atoms with Gasteiger partial charge in [0.2, 0.25) is 0 Å². The van der Waals surface area contributed by atoms with Gasteiger partial charge in [-0.15, -0.1) is 0 Å². The predicted octanol–water partition coefficient (Wildman–Crippen LogP) is 1.46. The van der Waals surface area contributed by atoms with E-state index in [-0.39, 0.29) is 12.0 Å². The van der Waals surface area contributed by atoms with Gasteiger partial charge in [-0.2, -0.15) is 0 Å². The fourth-order valence-electron chi connectivity index (χ4n) is 1.68. The van der Waals surface area contributed by atoms with E-state index in [0.717, 1.165) is 5.56 Å². The highest BCUT2D eigenvalue weighted by Crippen LogP contribution is 2.18. The van der Waals surface area contributed by atoms with Crippen molar-refractivity contribution in [3.63, 3.8) is 0 Å². The molecular weight excluding hydrogens is 256 g/mol. The summed E-state index contributed by atoms with van der Waals surface area (Å²) < 4.78 is 0. The number of para-hydroxylation sites is 1. The van der Waals surface area contributed by atoms with Gasteiger partial charge in [-0.05, 0) is 30.4 Å². The van der Waals surface area contributed by atoms with Crippen LogP contribution in [0.25, 0.3) is 0 Å². The number of aryl methyl sites for hydroxylation is 1. The second kappa shape index (κ2) is 7.05. The largest absolute Gasteiger partial charge is 0.396 e. The van der Waals surface area contributed by atoms with Crippen LogP contribution in [0.5, 0.6) is 0 Å². The molecule has 0 aromatic heterocycles. The monoisotopic (exact) mass is 278 g/mol. The zero-order valence-corrected chi connectivity index (χ0v) is 12.2. The lowest BCUT2D eigenvalue weighted by atomic mass is 9.90. The van der Waals surface area contributed by atoms with Crippen LogP contribution in [-0.4, -0.2) is 30.1 Å². The quantitative estimate of drug-likeness (QED) is 0.713. The summed E-state index contributed by atoms with van der Waals surface area (Å²) in [6, 6.07) is 7.27. The fraction of sp³-hybridized carbons (Fsp3) is 0.467. The first-order chi connectivity index (χ1) is 9.35. The zero-order valence-electron chi connectivity index (χ0n) is 12.2. The van der Waals surface area contributed by atoms with Crippen molar-refractivity contribution in [2.75, 3.05) is 18.5 Å². The minimum absolute atomic E-state index is 0.0538. The van der Waals surface area contributed by atoms with Crippen molar-refractivity contribution in [2.45, 2.75) is 27.2 Å². The van der Waals surface area contributed by atoms with Gasteiger partial charge in [-0.1, -0.05) is 32.0 Å². The summed E-state index contributed by atoms with van der Waals surface area (Å²) in [5, 5.41) is 14.1. The van der Waals surface area contributed by atoms with E-state index in [9.17, 15) is 9.59 Å². The Labute approximate surface area is 119 Å². The Bertz CT molecular complexity index is 484. The second-order valence-electron chi connectivity index (χ2n) is 5.59. The minimum Gasteiger partial charge on any atom is -0.396 e. The van der Waals surface area contributed by atoms with Crippen molar-refractivity contribution < 1.29 is 14.7 Å². The molecule has 0 unspecified atom stereocenters. The van der Waals surface area contributed by atoms with Gasteiger partial charge in [0.1, 0.15) is 0 Å². The molecule has 0 fully saturated rings. The molecule has 0 bridgehead atoms. The lowest BCUT2D eigenvalue weighted by Crippen LogP contribution is -2.40. The maximum Gasteiger partial charge on any atom is 0.313 e. The molecule has 1 rings (SSSR count). The number of amides is 2. The average Bonchev–Trinajstić information content (AvgIpc) is 2.38. The van der Waals surface area contributed by atoms with Gasteiger partial charge in [-0.3, -0.25) is 9.59 Å². The lowest BCUT2D eigenvalue weighted by Gasteiger charge is -2.23. The maximum atomic E-state index is 11.8. The van der Waals surface area contributed by atoms with E-state index in [2.05, 4.69) is 10.6 Å². The standard InChI is InChI=1S/C15H22N2O3/c1-11-6-4-5-7-12(11)17-14(20)13(19)16-10-15(2,3)8-9-18/h4-7,18H,8-10H2,1-3H3,(H,16,19)(H,17,20). The van der Waals surface area contributed by atoms with E-state index < -0.39 is 11.8 Å². The summed E-state index contributed by atoms with van der Waals surface area (Å²) in [5.41, 5.74) is 1.28. The van der Waals surface area contributed by atoms with Crippen LogP contribution in [0.4, 0.5) is 5.69 Å². The Kier molecular flexibility index (Phi) is 5.70. The van der Waals surface area contributed by atoms with Gasteiger partial charge in [0.05, 0.1) is 0 Å². The maximum absolute atomic E-state index is 11.8. The zero-order chi connectivity index (χ0) is 15.2. The summed E-state index contributed by atoms with van der Waals surface area (Å²) in [7, 11) is 0. The first-order valence-corrected chi connectivity index (χ1v) is 6.61. The average molecular weight is 278 g/mol. The van der Waals surface area contributed by atoms with Gasteiger partial charge in [0, 0.05) is 18.8 Å². The third kappa shape index (κ3) is 5.01. The number of carbonyl (C=O) groups excluding carboxylic acids is 2. The van der Waals surface area contributed by atoms with Crippen LogP contribution in [0, 0.1) is 12.3 Å². The van der Waals surface area contributed by atoms with Crippen LogP contribution in [0.1, 0.15) is 25.8 Å². The number of hydrogen-bond acceptors (Lipinski definition) is 3. The predicted molar refractivity (Wildman–Crippen MR) is 78.3 cm³/mol. The van der Waals surface area contributed by atoms with Crippen molar-refractivity contribution in [3.8, 4) is 0 Å². The molecule has 5 nitrogen and oxygen atoms in total. The Balaban J connectivity index is 2.52. The molecule has 0 atom stereocenters. The highest BCUT2D eigenvalue weighted by Gasteiger charge is 2.21. The van der Waals surface area contributed by atoms with Crippen molar-refractivity contribution in [1.29, 1.82) is 0 Å². The summed E-state index contributed by atoms with van der Waals surface area (Å²) in [4.78, 5) is 23.5. The lowest BCUT2D eigenvalue weighted by molar-refractivity contribution is -0.136. The molecule has 0 saturated heterocycles. The fourth-order valence-corrected chi connectivity index (χ4v) is 1.68. The number of aliphatic hydroxyl groups excluding tert-OH is 1. The van der Waals surface area contributed by atoms with Crippen LogP contribution in [0.3, 0.4) is 0 Å². The van der Waals surface area contributed by atoms with Crippen molar-refractivity contribution >= 4 is 17.5 Å². The first kappa shape index (κ1) is 16.2. The molecule has 5 heteroatoms. The van der Waals surface area contributed by atoms with Crippen molar-refractivity contribution in [1.82, 2.24) is 5.32 Å². The number of hydrogen-bond donors (Lipinski definition) is 3. The third-order valence-corrected chi connectivity index (χ3v) is 3.12. The topological polar surface area (TPSA) is 78.4 Å². The highest BCUT2D eigenvalue weighted by atomic mass is 16.3. The van der Waals surface area contributed by atoms with E-state index in [4.69, 9.17) is 5.11 Å². The van der Waals surface area contributed by atoms with Crippen LogP contribution in [0.15, 0.2) is 24.3 Å². The molecule has 0 heterocycles. The van der Waals surface area contributed by atoms with Crippen LogP contribution >= 0.6 is 0 Å². The molecule has 0 saturated carbocycles. The van der Waals surface area contributed by atoms with Gasteiger partial charge in [0.15, 0.2) is 0 Å². The molecule has 0 aliphatic rings. The molecule has 1 aromatic carbocycles. The Hall–Kier alpha value is -1.88. The molecule has 0 aliphatic carbocycles. The van der Waals surface area contributed by atoms with E-state index in [0.29, 0.717) is 18.7 Å². The first-order valence-electron chi connectivity index (χ1n) is 6.61. The molecular formula is C15H22N2O3. The molecule has 2 amide bonds. The second-order valence-corrected chi connectivity index (χ2v) is 5.59. The Morgan fingerprint density at radius 3 is 2.45 bits per heavy atom. The SMILES string of the molecule is Cc1ccccc1NC(=O)C(=O)NCC(C)(C)CCO. The molecule has 0 spiro atoms. The normalized spacial score (nSPS) is 11.0. The molecule has 1 aromatic rings. The summed E-state index contributed by atoms with van der Waals surface area (Å²) in [6.45, 7) is 6.09. The van der Waals surface area contributed by atoms with Crippen molar-refractivity contribution in [2.24, 2.45) is 5.41 Å². The smallest absolute Gasteiger partial charge is 0.313 e. The highest BCUT2D eigenvalue weighted by molar-refractivity contribution is 6.39. The molecule has 0 aliphatic heterocycles. The van der Waals surface area contributed by atoms with Gasteiger partial charge in [-0.25, -0.2) is 0 Å². The number of carbonyl (C=O) groups is 2.